The van der Waals surface area contributed by atoms with E-state index in [0.29, 0.717) is 11.6 Å². The number of hydrogen-bond acceptors (Lipinski definition) is 3. The Morgan fingerprint density at radius 2 is 2.15 bits per heavy atom. The summed E-state index contributed by atoms with van der Waals surface area (Å²) in [4.78, 5) is 14.1. The number of anilines is 1. The summed E-state index contributed by atoms with van der Waals surface area (Å²) in [5, 5.41) is 13.4. The van der Waals surface area contributed by atoms with E-state index in [2.05, 4.69) is 17.1 Å². The third-order valence-corrected chi connectivity index (χ3v) is 4.05. The van der Waals surface area contributed by atoms with Crippen LogP contribution in [-0.4, -0.2) is 41.7 Å². The number of piperidine rings is 1. The number of benzene rings is 1. The monoisotopic (exact) mass is 296 g/mol. The number of likely N-dealkylation sites (tertiary alicyclic amines) is 1. The topological polar surface area (TPSA) is 52.6 Å². The number of aliphatic hydroxyl groups excluding tert-OH is 1. The number of amides is 1. The van der Waals surface area contributed by atoms with Gasteiger partial charge in [-0.3, -0.25) is 9.69 Å². The molecule has 1 aromatic carbocycles. The van der Waals surface area contributed by atoms with Crippen LogP contribution < -0.4 is 5.32 Å². The highest BCUT2D eigenvalue weighted by atomic mass is 35.5. The van der Waals surface area contributed by atoms with Gasteiger partial charge < -0.3 is 10.4 Å². The molecule has 2 rings (SSSR count). The molecular weight excluding hydrogens is 276 g/mol. The fourth-order valence-electron chi connectivity index (χ4n) is 2.58. The van der Waals surface area contributed by atoms with Crippen LogP contribution in [0.3, 0.4) is 0 Å². The molecule has 0 aliphatic carbocycles. The summed E-state index contributed by atoms with van der Waals surface area (Å²) in [5.41, 5.74) is 0.753. The largest absolute Gasteiger partial charge is 0.393 e. The summed E-state index contributed by atoms with van der Waals surface area (Å²) in [6.45, 7) is 3.99. The predicted molar refractivity (Wildman–Crippen MR) is 80.9 cm³/mol. The first-order valence-electron chi connectivity index (χ1n) is 7.04. The van der Waals surface area contributed by atoms with Crippen LogP contribution in [-0.2, 0) is 4.79 Å². The Hall–Kier alpha value is -1.10. The van der Waals surface area contributed by atoms with Gasteiger partial charge in [-0.25, -0.2) is 0 Å². The molecule has 1 heterocycles. The van der Waals surface area contributed by atoms with E-state index in [4.69, 9.17) is 11.6 Å². The highest BCUT2D eigenvalue weighted by molar-refractivity contribution is 6.30. The van der Waals surface area contributed by atoms with Crippen molar-refractivity contribution < 1.29 is 9.90 Å². The Kier molecular flexibility index (Phi) is 5.40. The van der Waals surface area contributed by atoms with Crippen LogP contribution in [0.2, 0.25) is 5.02 Å². The maximum Gasteiger partial charge on any atom is 0.238 e. The molecule has 4 nitrogen and oxygen atoms in total. The smallest absolute Gasteiger partial charge is 0.238 e. The Bertz CT molecular complexity index is 450. The van der Waals surface area contributed by atoms with Crippen LogP contribution in [0.4, 0.5) is 5.69 Å². The van der Waals surface area contributed by atoms with Gasteiger partial charge in [-0.05, 0) is 43.0 Å². The summed E-state index contributed by atoms with van der Waals surface area (Å²) < 4.78 is 0. The van der Waals surface area contributed by atoms with Gasteiger partial charge >= 0.3 is 0 Å². The second kappa shape index (κ2) is 7.07. The van der Waals surface area contributed by atoms with Crippen molar-refractivity contribution in [2.75, 3.05) is 25.0 Å². The Morgan fingerprint density at radius 1 is 1.45 bits per heavy atom. The molecule has 20 heavy (non-hydrogen) atoms. The van der Waals surface area contributed by atoms with E-state index in [9.17, 15) is 9.90 Å². The van der Waals surface area contributed by atoms with Crippen molar-refractivity contribution in [3.63, 3.8) is 0 Å². The first-order valence-corrected chi connectivity index (χ1v) is 7.42. The van der Waals surface area contributed by atoms with Gasteiger partial charge in [0.05, 0.1) is 12.6 Å². The highest BCUT2D eigenvalue weighted by Crippen LogP contribution is 2.20. The third kappa shape index (κ3) is 4.20. The van der Waals surface area contributed by atoms with Crippen LogP contribution in [0.15, 0.2) is 24.3 Å². The van der Waals surface area contributed by atoms with Crippen molar-refractivity contribution in [1.29, 1.82) is 0 Å². The van der Waals surface area contributed by atoms with Gasteiger partial charge in [0.15, 0.2) is 0 Å². The number of hydrogen-bond donors (Lipinski definition) is 2. The molecular formula is C15H21ClN2O2. The molecule has 1 fully saturated rings. The summed E-state index contributed by atoms with van der Waals surface area (Å²) in [7, 11) is 0. The quantitative estimate of drug-likeness (QED) is 0.897. The van der Waals surface area contributed by atoms with Gasteiger partial charge in [-0.15, -0.1) is 0 Å². The standard InChI is InChI=1S/C15H21ClN2O2/c1-2-11-9-18(8-7-14(11)19)10-15(20)17-13-5-3-12(16)4-6-13/h3-6,11,14,19H,2,7-10H2,1H3,(H,17,20). The molecule has 1 saturated heterocycles. The average molecular weight is 297 g/mol. The lowest BCUT2D eigenvalue weighted by molar-refractivity contribution is -0.118. The van der Waals surface area contributed by atoms with E-state index < -0.39 is 0 Å². The number of halogens is 1. The molecule has 1 aromatic rings. The van der Waals surface area contributed by atoms with Crippen LogP contribution in [0.25, 0.3) is 0 Å². The normalized spacial score (nSPS) is 23.6. The number of nitrogens with one attached hydrogen (secondary N) is 1. The highest BCUT2D eigenvalue weighted by Gasteiger charge is 2.27. The van der Waals surface area contributed by atoms with Crippen molar-refractivity contribution in [2.45, 2.75) is 25.9 Å². The second-order valence-electron chi connectivity index (χ2n) is 5.31. The van der Waals surface area contributed by atoms with Crippen LogP contribution in [0.5, 0.6) is 0 Å². The van der Waals surface area contributed by atoms with Gasteiger partial charge in [-0.1, -0.05) is 18.5 Å². The van der Waals surface area contributed by atoms with Gasteiger partial charge in [0.1, 0.15) is 0 Å². The maximum absolute atomic E-state index is 12.0. The van der Waals surface area contributed by atoms with Gasteiger partial charge in [0, 0.05) is 23.8 Å². The zero-order valence-electron chi connectivity index (χ0n) is 11.7. The van der Waals surface area contributed by atoms with E-state index >= 15 is 0 Å². The molecule has 2 unspecified atom stereocenters. The molecule has 5 heteroatoms. The first-order chi connectivity index (χ1) is 9.58. The zero-order valence-corrected chi connectivity index (χ0v) is 12.4. The first kappa shape index (κ1) is 15.3. The van der Waals surface area contributed by atoms with Crippen molar-refractivity contribution in [1.82, 2.24) is 4.90 Å². The lowest BCUT2D eigenvalue weighted by atomic mass is 9.92. The average Bonchev–Trinajstić information content (AvgIpc) is 2.43. The molecule has 1 aliphatic heterocycles. The Labute approximate surface area is 124 Å². The molecule has 0 aromatic heterocycles. The lowest BCUT2D eigenvalue weighted by Gasteiger charge is -2.35. The summed E-state index contributed by atoms with van der Waals surface area (Å²) in [6.07, 6.45) is 1.46. The molecule has 0 spiro atoms. The predicted octanol–water partition coefficient (Wildman–Crippen LogP) is 2.37. The van der Waals surface area contributed by atoms with E-state index in [1.54, 1.807) is 24.3 Å². The molecule has 0 bridgehead atoms. The minimum atomic E-state index is -0.226. The number of carbonyl (C=O) groups is 1. The van der Waals surface area contributed by atoms with Crippen LogP contribution >= 0.6 is 11.6 Å². The van der Waals surface area contributed by atoms with Gasteiger partial charge in [0.25, 0.3) is 0 Å². The number of nitrogens with zero attached hydrogens (tertiary/aromatic N) is 1. The summed E-state index contributed by atoms with van der Waals surface area (Å²) >= 11 is 5.80. The fourth-order valence-corrected chi connectivity index (χ4v) is 2.70. The Balaban J connectivity index is 1.84. The number of rotatable bonds is 4. The fraction of sp³-hybridized carbons (Fsp3) is 0.533. The van der Waals surface area contributed by atoms with Crippen molar-refractivity contribution in [2.24, 2.45) is 5.92 Å². The van der Waals surface area contributed by atoms with E-state index in [0.717, 1.165) is 31.6 Å². The SMILES string of the molecule is CCC1CN(CC(=O)Nc2ccc(Cl)cc2)CCC1O. The minimum Gasteiger partial charge on any atom is -0.393 e. The minimum absolute atomic E-state index is 0.0291. The maximum atomic E-state index is 12.0. The molecule has 1 amide bonds. The van der Waals surface area contributed by atoms with E-state index in [-0.39, 0.29) is 17.9 Å². The third-order valence-electron chi connectivity index (χ3n) is 3.80. The molecule has 2 atom stereocenters. The molecule has 0 radical (unpaired) electrons. The van der Waals surface area contributed by atoms with Crippen LogP contribution in [0.1, 0.15) is 19.8 Å². The summed E-state index contributed by atoms with van der Waals surface area (Å²) in [5.74, 6) is 0.241. The number of aliphatic hydroxyl groups is 1. The van der Waals surface area contributed by atoms with E-state index in [1.165, 1.54) is 0 Å². The molecule has 0 saturated carbocycles. The number of carbonyl (C=O) groups excluding carboxylic acids is 1. The van der Waals surface area contributed by atoms with Crippen molar-refractivity contribution in [3.05, 3.63) is 29.3 Å². The molecule has 1 aliphatic rings. The Morgan fingerprint density at radius 3 is 2.80 bits per heavy atom. The van der Waals surface area contributed by atoms with Crippen molar-refractivity contribution in [3.8, 4) is 0 Å². The zero-order chi connectivity index (χ0) is 14.5. The van der Waals surface area contributed by atoms with Gasteiger partial charge in [-0.2, -0.15) is 0 Å². The molecule has 2 N–H and O–H groups in total. The van der Waals surface area contributed by atoms with Crippen LogP contribution in [0, 0.1) is 5.92 Å². The lowest BCUT2D eigenvalue weighted by Crippen LogP contribution is -2.45. The second-order valence-corrected chi connectivity index (χ2v) is 5.75. The molecule has 110 valence electrons. The summed E-state index contributed by atoms with van der Waals surface area (Å²) in [6, 6.07) is 7.08. The van der Waals surface area contributed by atoms with E-state index in [1.807, 2.05) is 0 Å². The van der Waals surface area contributed by atoms with Gasteiger partial charge in [0.2, 0.25) is 5.91 Å². The van der Waals surface area contributed by atoms with Crippen molar-refractivity contribution >= 4 is 23.2 Å².